The molecule has 0 nitrogen and oxygen atoms in total. The fraction of sp³-hybridized carbons (Fsp3) is 0.100. The second-order valence-corrected chi connectivity index (χ2v) is 16.3. The summed E-state index contributed by atoms with van der Waals surface area (Å²) >= 11 is 3.68. The Morgan fingerprint density at radius 3 is 1.65 bits per heavy atom. The Morgan fingerprint density at radius 2 is 1.11 bits per heavy atom. The molecular weight excluding hydrogens is 751 g/mol. The van der Waals surface area contributed by atoms with Crippen molar-refractivity contribution in [2.45, 2.75) is 12.8 Å². The Bertz CT molecular complexity index is 2410. The first-order valence-corrected chi connectivity index (χ1v) is 20.8. The molecule has 0 N–H and O–H groups in total. The summed E-state index contributed by atoms with van der Waals surface area (Å²) in [6.45, 7) is 0. The van der Waals surface area contributed by atoms with Crippen LogP contribution >= 0.6 is 23.1 Å². The van der Waals surface area contributed by atoms with Gasteiger partial charge in [0.25, 0.3) is 0 Å². The Kier molecular flexibility index (Phi) is 11.7. The number of thioether (sulfide) groups is 1. The Hall–Kier alpha value is -5.50. The normalized spacial score (nSPS) is 19.6. The van der Waals surface area contributed by atoms with Gasteiger partial charge in [-0.3, -0.25) is 0 Å². The predicted octanol–water partition coefficient (Wildman–Crippen LogP) is 15.5. The molecule has 7 heteroatoms. The largest absolute Gasteiger partial charge is 0.673 e. The van der Waals surface area contributed by atoms with Crippen molar-refractivity contribution >= 4 is 52.5 Å². The lowest BCUT2D eigenvalue weighted by atomic mass is 9.86. The Balaban J connectivity index is 0.000000859. The van der Waals surface area contributed by atoms with Crippen molar-refractivity contribution in [1.29, 1.82) is 0 Å². The molecule has 57 heavy (non-hydrogen) atoms. The average Bonchev–Trinajstić information content (AvgIpc) is 3.97. The molecule has 5 aromatic carbocycles. The SMILES string of the molecule is C1=CC(=C(c2ccccc2)C2C3CCC(C=Cc4cc(-c5ccccc5)[s+]c(-c5ccccc5)c4)=C(c4ccccc4)C32)C=C(c2ccccc2)S1.F[B-](F)(F)F. The van der Waals surface area contributed by atoms with Crippen molar-refractivity contribution in [3.63, 3.8) is 0 Å². The number of hydrogen-bond donors (Lipinski definition) is 0. The summed E-state index contributed by atoms with van der Waals surface area (Å²) < 4.78 is 39.0. The third-order valence-electron chi connectivity index (χ3n) is 10.6. The molecule has 0 radical (unpaired) electrons. The van der Waals surface area contributed by atoms with Crippen LogP contribution in [-0.4, -0.2) is 7.25 Å². The van der Waals surface area contributed by atoms with E-state index < -0.39 is 7.25 Å². The van der Waals surface area contributed by atoms with E-state index in [1.807, 2.05) is 23.1 Å². The van der Waals surface area contributed by atoms with E-state index in [2.05, 4.69) is 194 Å². The molecule has 1 saturated carbocycles. The summed E-state index contributed by atoms with van der Waals surface area (Å²) in [7, 11) is -6.00. The smallest absolute Gasteiger partial charge is 0.418 e. The van der Waals surface area contributed by atoms with Gasteiger partial charge in [-0.2, -0.15) is 0 Å². The quantitative estimate of drug-likeness (QED) is 0.0841. The third kappa shape index (κ3) is 9.39. The molecule has 1 aromatic heterocycles. The van der Waals surface area contributed by atoms with Crippen LogP contribution in [0.4, 0.5) is 17.3 Å². The summed E-state index contributed by atoms with van der Waals surface area (Å²) in [6.07, 6.45) is 11.9. The van der Waals surface area contributed by atoms with Crippen molar-refractivity contribution in [2.24, 2.45) is 17.8 Å². The molecule has 3 atom stereocenters. The molecule has 2 aliphatic carbocycles. The van der Waals surface area contributed by atoms with E-state index >= 15 is 0 Å². The molecule has 6 aromatic rings. The van der Waals surface area contributed by atoms with Gasteiger partial charge in [-0.05, 0) is 117 Å². The molecule has 3 unspecified atom stereocenters. The highest BCUT2D eigenvalue weighted by atomic mass is 32.2. The minimum absolute atomic E-state index is 0.465. The molecule has 0 amide bonds. The van der Waals surface area contributed by atoms with Gasteiger partial charge in [0.15, 0.2) is 0 Å². The van der Waals surface area contributed by atoms with E-state index in [0.717, 1.165) is 6.42 Å². The maximum atomic E-state index is 9.75. The highest BCUT2D eigenvalue weighted by Crippen LogP contribution is 2.66. The van der Waals surface area contributed by atoms with E-state index in [1.165, 1.54) is 76.8 Å². The van der Waals surface area contributed by atoms with Crippen molar-refractivity contribution in [1.82, 2.24) is 0 Å². The van der Waals surface area contributed by atoms with E-state index in [0.29, 0.717) is 17.8 Å². The number of halogens is 4. The van der Waals surface area contributed by atoms with Crippen LogP contribution in [0.3, 0.4) is 0 Å². The zero-order valence-corrected chi connectivity index (χ0v) is 32.7. The van der Waals surface area contributed by atoms with Crippen molar-refractivity contribution in [2.75, 3.05) is 0 Å². The Morgan fingerprint density at radius 1 is 0.614 bits per heavy atom. The molecule has 0 bridgehead atoms. The molecule has 0 saturated heterocycles. The molecule has 9 rings (SSSR count). The van der Waals surface area contributed by atoms with Crippen LogP contribution in [0.25, 0.3) is 43.0 Å². The van der Waals surface area contributed by atoms with Crippen molar-refractivity contribution in [3.05, 3.63) is 221 Å². The van der Waals surface area contributed by atoms with Gasteiger partial charge in [0, 0.05) is 28.2 Å². The maximum Gasteiger partial charge on any atom is 0.673 e. The lowest BCUT2D eigenvalue weighted by Gasteiger charge is -2.19. The first-order valence-electron chi connectivity index (χ1n) is 19.1. The van der Waals surface area contributed by atoms with E-state index in [-0.39, 0.29) is 0 Å². The summed E-state index contributed by atoms with van der Waals surface area (Å²) in [6, 6.07) is 59.5. The number of benzene rings is 5. The lowest BCUT2D eigenvalue weighted by Crippen LogP contribution is -2.02. The minimum Gasteiger partial charge on any atom is -0.418 e. The maximum absolute atomic E-state index is 9.75. The lowest BCUT2D eigenvalue weighted by molar-refractivity contribution is 0.368. The van der Waals surface area contributed by atoms with Crippen molar-refractivity contribution in [3.8, 4) is 20.9 Å². The summed E-state index contributed by atoms with van der Waals surface area (Å²) in [4.78, 5) is 3.88. The van der Waals surface area contributed by atoms with E-state index in [1.54, 1.807) is 0 Å². The minimum atomic E-state index is -6.00. The van der Waals surface area contributed by atoms with Crippen LogP contribution in [-0.2, 0) is 0 Å². The van der Waals surface area contributed by atoms with Gasteiger partial charge in [0.2, 0.25) is 21.1 Å². The van der Waals surface area contributed by atoms with Crippen LogP contribution in [0.5, 0.6) is 0 Å². The van der Waals surface area contributed by atoms with Gasteiger partial charge in [-0.15, -0.1) is 0 Å². The monoisotopic (exact) mass is 790 g/mol. The fourth-order valence-corrected chi connectivity index (χ4v) is 10.1. The fourth-order valence-electron chi connectivity index (χ4n) is 8.16. The zero-order valence-electron chi connectivity index (χ0n) is 31.0. The van der Waals surface area contributed by atoms with Gasteiger partial charge in [0.1, 0.15) is 0 Å². The molecule has 0 spiro atoms. The first-order chi connectivity index (χ1) is 27.8. The number of fused-ring (bicyclic) bond motifs is 1. The van der Waals surface area contributed by atoms with Crippen molar-refractivity contribution < 1.29 is 17.3 Å². The summed E-state index contributed by atoms with van der Waals surface area (Å²) in [5.74, 6) is 1.57. The van der Waals surface area contributed by atoms with Crippen LogP contribution in [0, 0.1) is 17.8 Å². The van der Waals surface area contributed by atoms with Gasteiger partial charge < -0.3 is 17.3 Å². The average molecular weight is 791 g/mol. The molecule has 1 aliphatic heterocycles. The van der Waals surface area contributed by atoms with Crippen LogP contribution in [0.15, 0.2) is 199 Å². The molecule has 2 heterocycles. The topological polar surface area (TPSA) is 0 Å². The second kappa shape index (κ2) is 17.3. The molecule has 282 valence electrons. The van der Waals surface area contributed by atoms with Gasteiger partial charge in [-0.1, -0.05) is 151 Å². The van der Waals surface area contributed by atoms with E-state index in [4.69, 9.17) is 0 Å². The highest BCUT2D eigenvalue weighted by Gasteiger charge is 2.56. The van der Waals surface area contributed by atoms with Gasteiger partial charge in [-0.25, -0.2) is 0 Å². The predicted molar refractivity (Wildman–Crippen MR) is 236 cm³/mol. The van der Waals surface area contributed by atoms with Crippen LogP contribution in [0.2, 0.25) is 0 Å². The standard InChI is InChI=1S/C50H39S2.BF4/c1-6-16-36(17-7-1)44-34-42(30-31-51-44)48(40-24-14-5-15-25-40)50-43-29-28-41(47(49(43)50)39-22-12-4-13-23-39)27-26-35-32-45(37-18-8-2-9-19-37)52-46(33-35)38-20-10-3-11-21-38;2-1(3,4)5/h1-27,30-34,43,49-50H,28-29H2;/q+1;-1. The third-order valence-corrected chi connectivity index (χ3v) is 12.6. The summed E-state index contributed by atoms with van der Waals surface area (Å²) in [5, 5.41) is 2.28. The molecule has 3 aliphatic rings. The molecule has 1 fully saturated rings. The van der Waals surface area contributed by atoms with Crippen LogP contribution < -0.4 is 0 Å². The second-order valence-electron chi connectivity index (χ2n) is 14.3. The van der Waals surface area contributed by atoms with Gasteiger partial charge >= 0.3 is 7.25 Å². The zero-order chi connectivity index (χ0) is 39.2. The first kappa shape index (κ1) is 38.4. The van der Waals surface area contributed by atoms with Gasteiger partial charge in [0.05, 0.1) is 0 Å². The van der Waals surface area contributed by atoms with Crippen LogP contribution in [0.1, 0.15) is 35.1 Å². The highest BCUT2D eigenvalue weighted by molar-refractivity contribution is 8.11. The number of allylic oxidation sites excluding steroid dienone is 7. The molecular formula is C50H39BF4S2. The Labute approximate surface area is 340 Å². The number of hydrogen-bond acceptors (Lipinski definition) is 1. The summed E-state index contributed by atoms with van der Waals surface area (Å²) in [5.41, 5.74) is 13.6. The van der Waals surface area contributed by atoms with E-state index in [9.17, 15) is 17.3 Å². The number of rotatable bonds is 8.